The first-order valence-corrected chi connectivity index (χ1v) is 16.5. The van der Waals surface area contributed by atoms with Gasteiger partial charge in [-0.1, -0.05) is 51.2 Å². The number of carbonyl (C=O) groups is 1. The Morgan fingerprint density at radius 3 is 2.42 bits per heavy atom. The van der Waals surface area contributed by atoms with Crippen LogP contribution in [0.2, 0.25) is 15.1 Å². The van der Waals surface area contributed by atoms with E-state index in [4.69, 9.17) is 48.9 Å². The number of aromatic nitrogens is 1. The molecule has 0 atom stereocenters. The molecule has 1 amide bonds. The summed E-state index contributed by atoms with van der Waals surface area (Å²) in [6, 6.07) is 16.5. The van der Waals surface area contributed by atoms with Crippen LogP contribution in [0.5, 0.6) is 5.75 Å². The summed E-state index contributed by atoms with van der Waals surface area (Å²) in [5, 5.41) is 18.9. The first kappa shape index (κ1) is 32.3. The predicted molar refractivity (Wildman–Crippen MR) is 170 cm³/mol. The number of hydrogen-bond donors (Lipinski definition) is 1. The van der Waals surface area contributed by atoms with Gasteiger partial charge in [0.05, 0.1) is 44.2 Å². The first-order chi connectivity index (χ1) is 21.4. The lowest BCUT2D eigenvalue weighted by Gasteiger charge is -2.12. The van der Waals surface area contributed by atoms with Crippen molar-refractivity contribution in [2.24, 2.45) is 5.16 Å². The molecule has 3 aromatic carbocycles. The van der Waals surface area contributed by atoms with Crippen molar-refractivity contribution in [3.8, 4) is 23.1 Å². The van der Waals surface area contributed by atoms with E-state index in [0.717, 1.165) is 30.4 Å². The fraction of sp³-hybridized carbons (Fsp3) is 0.226. The maximum Gasteiger partial charge on any atom is 0.265 e. The Kier molecular flexibility index (Phi) is 9.70. The first-order valence-electron chi connectivity index (χ1n) is 13.5. The molecule has 10 nitrogen and oxygen atoms in total. The Balaban J connectivity index is 1.30. The van der Waals surface area contributed by atoms with Gasteiger partial charge in [-0.2, -0.15) is 5.26 Å². The smallest absolute Gasteiger partial charge is 0.265 e. The number of nitrogens with one attached hydrogen (secondary N) is 1. The van der Waals surface area contributed by atoms with Gasteiger partial charge in [0.2, 0.25) is 10.0 Å². The van der Waals surface area contributed by atoms with Crippen molar-refractivity contribution >= 4 is 56.4 Å². The lowest BCUT2D eigenvalue weighted by molar-refractivity contribution is 0.0970. The van der Waals surface area contributed by atoms with Crippen molar-refractivity contribution < 1.29 is 27.3 Å². The molecule has 5 rings (SSSR count). The van der Waals surface area contributed by atoms with Gasteiger partial charge in [0, 0.05) is 28.2 Å². The van der Waals surface area contributed by atoms with E-state index in [1.165, 1.54) is 18.2 Å². The van der Waals surface area contributed by atoms with Gasteiger partial charge in [0.1, 0.15) is 30.4 Å². The van der Waals surface area contributed by atoms with E-state index in [1.54, 1.807) is 43.3 Å². The van der Waals surface area contributed by atoms with E-state index in [-0.39, 0.29) is 35.8 Å². The number of rotatable bonds is 11. The van der Waals surface area contributed by atoms with Gasteiger partial charge >= 0.3 is 0 Å². The molecule has 0 aliphatic heterocycles. The number of benzene rings is 3. The lowest BCUT2D eigenvalue weighted by atomic mass is 10.0. The molecule has 0 saturated heterocycles. The van der Waals surface area contributed by atoms with E-state index >= 15 is 0 Å². The summed E-state index contributed by atoms with van der Waals surface area (Å²) in [4.78, 5) is 17.9. The Morgan fingerprint density at radius 1 is 1.07 bits per heavy atom. The van der Waals surface area contributed by atoms with Gasteiger partial charge in [0.15, 0.2) is 0 Å². The second-order valence-electron chi connectivity index (χ2n) is 10.3. The number of nitriles is 1. The summed E-state index contributed by atoms with van der Waals surface area (Å²) in [5.41, 5.74) is 3.45. The molecule has 45 heavy (non-hydrogen) atoms. The minimum Gasteiger partial charge on any atom is -0.489 e. The summed E-state index contributed by atoms with van der Waals surface area (Å²) in [6.07, 6.45) is 2.86. The molecule has 1 heterocycles. The fourth-order valence-electron chi connectivity index (χ4n) is 4.56. The van der Waals surface area contributed by atoms with Gasteiger partial charge in [-0.15, -0.1) is 0 Å². The van der Waals surface area contributed by atoms with Crippen molar-refractivity contribution in [1.82, 2.24) is 9.88 Å². The number of nitrogens with zero attached hydrogens (tertiary/aromatic N) is 3. The van der Waals surface area contributed by atoms with Crippen molar-refractivity contribution in [2.75, 3.05) is 6.26 Å². The molecular formula is C31H25Cl3N4O6S. The van der Waals surface area contributed by atoms with Crippen LogP contribution in [0.25, 0.3) is 11.3 Å². The Bertz CT molecular complexity index is 1950. The molecule has 1 aliphatic carbocycles. The van der Waals surface area contributed by atoms with Crippen molar-refractivity contribution in [3.63, 3.8) is 0 Å². The molecule has 1 fully saturated rings. The van der Waals surface area contributed by atoms with Crippen LogP contribution in [-0.2, 0) is 28.1 Å². The summed E-state index contributed by atoms with van der Waals surface area (Å²) in [7, 11) is -3.80. The number of hydrogen-bond acceptors (Lipinski definition) is 9. The molecule has 232 valence electrons. The minimum atomic E-state index is -3.80. The largest absolute Gasteiger partial charge is 0.489 e. The number of oxime groups is 1. The fourth-order valence-corrected chi connectivity index (χ4v) is 5.89. The molecule has 1 aliphatic rings. The molecule has 1 saturated carbocycles. The summed E-state index contributed by atoms with van der Waals surface area (Å²) < 4.78 is 36.8. The van der Waals surface area contributed by atoms with Crippen molar-refractivity contribution in [2.45, 2.75) is 38.9 Å². The zero-order valence-electron chi connectivity index (χ0n) is 23.9. The molecule has 0 bridgehead atoms. The highest BCUT2D eigenvalue weighted by Crippen LogP contribution is 2.46. The van der Waals surface area contributed by atoms with Crippen molar-refractivity contribution in [1.29, 1.82) is 5.26 Å². The van der Waals surface area contributed by atoms with Gasteiger partial charge < -0.3 is 14.1 Å². The maximum absolute atomic E-state index is 12.5. The Hall–Kier alpha value is -4.08. The van der Waals surface area contributed by atoms with Crippen LogP contribution in [0.3, 0.4) is 0 Å². The molecule has 1 aromatic heterocycles. The van der Waals surface area contributed by atoms with Crippen LogP contribution in [0, 0.1) is 11.3 Å². The third-order valence-corrected chi connectivity index (χ3v) is 8.36. The molecular weight excluding hydrogens is 663 g/mol. The highest BCUT2D eigenvalue weighted by molar-refractivity contribution is 7.89. The van der Waals surface area contributed by atoms with E-state index in [2.05, 4.69) is 10.3 Å². The second-order valence-corrected chi connectivity index (χ2v) is 13.3. The normalized spacial score (nSPS) is 13.3. The number of carbonyl (C=O) groups excluding carboxylic acids is 1. The Morgan fingerprint density at radius 2 is 1.78 bits per heavy atom. The van der Waals surface area contributed by atoms with E-state index in [0.29, 0.717) is 43.3 Å². The molecule has 0 radical (unpaired) electrons. The van der Waals surface area contributed by atoms with Crippen LogP contribution in [0.4, 0.5) is 0 Å². The van der Waals surface area contributed by atoms with Crippen LogP contribution < -0.4 is 9.46 Å². The number of sulfonamides is 1. The Labute approximate surface area is 274 Å². The standard InChI is InChI=1S/C31H25Cl3N4O6S/c1-17(36-43-15-20-12-18(14-35)6-10-23(20)31(39)38-45(2,40)41)22-11-9-21(13-27(22)34)42-16-24-29(37-44-30(24)19-7-8-19)28-25(32)4-3-5-26(28)33/h3-6,9-13,19H,7-8,15-16H2,1-2H3,(H,38,39). The van der Waals surface area contributed by atoms with Gasteiger partial charge in [-0.25, -0.2) is 13.1 Å². The SMILES string of the molecule is CC(=NOCc1cc(C#N)ccc1C(=O)NS(C)(=O)=O)c1ccc(OCc2c(-c3c(Cl)cccc3Cl)noc2C2CC2)cc1Cl. The number of amides is 1. The zero-order chi connectivity index (χ0) is 32.3. The topological polar surface area (TPSA) is 144 Å². The molecule has 0 spiro atoms. The maximum atomic E-state index is 12.5. The molecule has 1 N–H and O–H groups in total. The monoisotopic (exact) mass is 686 g/mol. The molecule has 0 unspecified atom stereocenters. The molecule has 14 heteroatoms. The third-order valence-electron chi connectivity index (χ3n) is 6.86. The van der Waals surface area contributed by atoms with Crippen LogP contribution in [0.1, 0.15) is 64.1 Å². The van der Waals surface area contributed by atoms with Crippen molar-refractivity contribution in [3.05, 3.63) is 103 Å². The van der Waals surface area contributed by atoms with E-state index < -0.39 is 15.9 Å². The van der Waals surface area contributed by atoms with Crippen LogP contribution in [0.15, 0.2) is 64.3 Å². The van der Waals surface area contributed by atoms with Gasteiger partial charge in [0.25, 0.3) is 5.91 Å². The highest BCUT2D eigenvalue weighted by atomic mass is 35.5. The van der Waals surface area contributed by atoms with E-state index in [1.807, 2.05) is 10.8 Å². The molecule has 4 aromatic rings. The predicted octanol–water partition coefficient (Wildman–Crippen LogP) is 7.26. The number of ether oxygens (including phenoxy) is 1. The summed E-state index contributed by atoms with van der Waals surface area (Å²) >= 11 is 19.5. The highest BCUT2D eigenvalue weighted by Gasteiger charge is 2.33. The lowest BCUT2D eigenvalue weighted by Crippen LogP contribution is -2.30. The zero-order valence-corrected chi connectivity index (χ0v) is 27.0. The average molecular weight is 688 g/mol. The average Bonchev–Trinajstić information content (AvgIpc) is 3.74. The second kappa shape index (κ2) is 13.5. The van der Waals surface area contributed by atoms with Crippen LogP contribution >= 0.6 is 34.8 Å². The minimum absolute atomic E-state index is 0.0319. The van der Waals surface area contributed by atoms with Gasteiger partial charge in [-0.05, 0) is 68.3 Å². The summed E-state index contributed by atoms with van der Waals surface area (Å²) in [5.74, 6) is 0.661. The number of halogens is 3. The van der Waals surface area contributed by atoms with Crippen LogP contribution in [-0.4, -0.2) is 31.4 Å². The van der Waals surface area contributed by atoms with Gasteiger partial charge in [-0.3, -0.25) is 4.79 Å². The van der Waals surface area contributed by atoms with E-state index in [9.17, 15) is 18.5 Å². The summed E-state index contributed by atoms with van der Waals surface area (Å²) in [6.45, 7) is 1.62. The third kappa shape index (κ3) is 7.78. The quantitative estimate of drug-likeness (QED) is 0.128.